The smallest absolute Gasteiger partial charge is 0.334 e. The molecule has 0 aromatic carbocycles. The predicted molar refractivity (Wildman–Crippen MR) is 51.4 cm³/mol. The van der Waals surface area contributed by atoms with E-state index in [0.717, 1.165) is 0 Å². The SMILES string of the molecule is COCCNCC(=O)NCC(O)C(=O)O. The number of amides is 1. The van der Waals surface area contributed by atoms with Crippen molar-refractivity contribution in [3.8, 4) is 0 Å². The van der Waals surface area contributed by atoms with E-state index in [2.05, 4.69) is 10.6 Å². The van der Waals surface area contributed by atoms with Gasteiger partial charge in [-0.1, -0.05) is 0 Å². The topological polar surface area (TPSA) is 108 Å². The molecule has 0 aromatic heterocycles. The zero-order valence-electron chi connectivity index (χ0n) is 8.52. The average molecular weight is 220 g/mol. The molecule has 0 saturated carbocycles. The normalized spacial score (nSPS) is 12.1. The van der Waals surface area contributed by atoms with Crippen molar-refractivity contribution in [2.45, 2.75) is 6.10 Å². The predicted octanol–water partition coefficient (Wildman–Crippen LogP) is -2.22. The summed E-state index contributed by atoms with van der Waals surface area (Å²) in [6, 6.07) is 0. The number of aliphatic hydroxyl groups excluding tert-OH is 1. The Kier molecular flexibility index (Phi) is 7.51. The standard InChI is InChI=1S/C8H16N2O5/c1-15-3-2-9-5-7(12)10-4-6(11)8(13)14/h6,9,11H,2-5H2,1H3,(H,10,12)(H,13,14). The Labute approximate surface area is 87.4 Å². The number of aliphatic carboxylic acids is 1. The van der Waals surface area contributed by atoms with Gasteiger partial charge in [0.2, 0.25) is 5.91 Å². The Hall–Kier alpha value is -1.18. The van der Waals surface area contributed by atoms with Gasteiger partial charge in [0.25, 0.3) is 0 Å². The second-order valence-corrected chi connectivity index (χ2v) is 2.83. The lowest BCUT2D eigenvalue weighted by atomic mass is 10.3. The van der Waals surface area contributed by atoms with Gasteiger partial charge >= 0.3 is 5.97 Å². The summed E-state index contributed by atoms with van der Waals surface area (Å²) >= 11 is 0. The maximum atomic E-state index is 11.0. The molecule has 4 N–H and O–H groups in total. The number of methoxy groups -OCH3 is 1. The summed E-state index contributed by atoms with van der Waals surface area (Å²) in [5.41, 5.74) is 0. The number of carbonyl (C=O) groups is 2. The minimum absolute atomic E-state index is 0.0652. The second kappa shape index (κ2) is 8.16. The van der Waals surface area contributed by atoms with Crippen LogP contribution in [0.5, 0.6) is 0 Å². The highest BCUT2D eigenvalue weighted by molar-refractivity contribution is 5.79. The van der Waals surface area contributed by atoms with Crippen molar-refractivity contribution in [2.24, 2.45) is 0 Å². The fourth-order valence-corrected chi connectivity index (χ4v) is 0.736. The van der Waals surface area contributed by atoms with Crippen molar-refractivity contribution in [3.63, 3.8) is 0 Å². The van der Waals surface area contributed by atoms with Crippen molar-refractivity contribution in [1.29, 1.82) is 0 Å². The molecule has 0 heterocycles. The Morgan fingerprint density at radius 2 is 2.13 bits per heavy atom. The van der Waals surface area contributed by atoms with E-state index in [4.69, 9.17) is 14.9 Å². The van der Waals surface area contributed by atoms with Gasteiger partial charge in [-0.15, -0.1) is 0 Å². The minimum Gasteiger partial charge on any atom is -0.479 e. The van der Waals surface area contributed by atoms with Crippen LogP contribution in [0.25, 0.3) is 0 Å². The summed E-state index contributed by atoms with van der Waals surface area (Å²) in [5, 5.41) is 22.2. The van der Waals surface area contributed by atoms with Crippen molar-refractivity contribution in [3.05, 3.63) is 0 Å². The first-order chi connectivity index (χ1) is 7.07. The van der Waals surface area contributed by atoms with Crippen LogP contribution in [-0.4, -0.2) is 61.5 Å². The molecule has 1 atom stereocenters. The molecule has 1 unspecified atom stereocenters. The summed E-state index contributed by atoms with van der Waals surface area (Å²) < 4.78 is 4.74. The van der Waals surface area contributed by atoms with Crippen molar-refractivity contribution in [2.75, 3.05) is 33.4 Å². The first-order valence-electron chi connectivity index (χ1n) is 4.45. The zero-order valence-corrected chi connectivity index (χ0v) is 8.52. The van der Waals surface area contributed by atoms with Crippen LogP contribution in [-0.2, 0) is 14.3 Å². The van der Waals surface area contributed by atoms with Crippen LogP contribution in [0.2, 0.25) is 0 Å². The molecular weight excluding hydrogens is 204 g/mol. The molecule has 0 radical (unpaired) electrons. The molecule has 0 aliphatic carbocycles. The third kappa shape index (κ3) is 7.86. The Morgan fingerprint density at radius 1 is 1.47 bits per heavy atom. The van der Waals surface area contributed by atoms with E-state index in [1.54, 1.807) is 7.11 Å². The van der Waals surface area contributed by atoms with E-state index in [1.165, 1.54) is 0 Å². The van der Waals surface area contributed by atoms with Crippen LogP contribution in [0.4, 0.5) is 0 Å². The van der Waals surface area contributed by atoms with Crippen LogP contribution in [0.15, 0.2) is 0 Å². The first kappa shape index (κ1) is 13.8. The maximum absolute atomic E-state index is 11.0. The van der Waals surface area contributed by atoms with Gasteiger partial charge in [0.05, 0.1) is 19.7 Å². The molecule has 7 nitrogen and oxygen atoms in total. The van der Waals surface area contributed by atoms with Crippen LogP contribution >= 0.6 is 0 Å². The molecule has 7 heteroatoms. The molecule has 0 aliphatic rings. The van der Waals surface area contributed by atoms with Crippen LogP contribution < -0.4 is 10.6 Å². The third-order valence-corrected chi connectivity index (χ3v) is 1.55. The first-order valence-corrected chi connectivity index (χ1v) is 4.45. The number of hydrogen-bond acceptors (Lipinski definition) is 5. The number of hydrogen-bond donors (Lipinski definition) is 4. The van der Waals surface area contributed by atoms with Gasteiger partial charge in [0, 0.05) is 13.7 Å². The van der Waals surface area contributed by atoms with E-state index < -0.39 is 12.1 Å². The molecule has 0 aliphatic heterocycles. The lowest BCUT2D eigenvalue weighted by Gasteiger charge is -2.08. The summed E-state index contributed by atoms with van der Waals surface area (Å²) in [5.74, 6) is -1.73. The molecular formula is C8H16N2O5. The molecule has 88 valence electrons. The highest BCUT2D eigenvalue weighted by atomic mass is 16.5. The van der Waals surface area contributed by atoms with E-state index in [0.29, 0.717) is 13.2 Å². The number of ether oxygens (including phenoxy) is 1. The highest BCUT2D eigenvalue weighted by Gasteiger charge is 2.13. The van der Waals surface area contributed by atoms with Gasteiger partial charge in [-0.05, 0) is 0 Å². The summed E-state index contributed by atoms with van der Waals surface area (Å²) in [7, 11) is 1.55. The Bertz CT molecular complexity index is 209. The zero-order chi connectivity index (χ0) is 11.7. The van der Waals surface area contributed by atoms with E-state index >= 15 is 0 Å². The summed E-state index contributed by atoms with van der Waals surface area (Å²) in [6.07, 6.45) is -1.56. The van der Waals surface area contributed by atoms with E-state index in [-0.39, 0.29) is 19.0 Å². The van der Waals surface area contributed by atoms with E-state index in [1.807, 2.05) is 0 Å². The van der Waals surface area contributed by atoms with Crippen molar-refractivity contribution in [1.82, 2.24) is 10.6 Å². The molecule has 0 aromatic rings. The fraction of sp³-hybridized carbons (Fsp3) is 0.750. The fourth-order valence-electron chi connectivity index (χ4n) is 0.736. The third-order valence-electron chi connectivity index (χ3n) is 1.55. The molecule has 1 amide bonds. The average Bonchev–Trinajstić information content (AvgIpc) is 2.20. The summed E-state index contributed by atoms with van der Waals surface area (Å²) in [6.45, 7) is 0.798. The molecule has 0 rings (SSSR count). The lowest BCUT2D eigenvalue weighted by molar-refractivity contribution is -0.146. The number of nitrogens with one attached hydrogen (secondary N) is 2. The number of carbonyl (C=O) groups excluding carboxylic acids is 1. The number of carboxylic acids is 1. The molecule has 15 heavy (non-hydrogen) atoms. The number of carboxylic acid groups (broad SMARTS) is 1. The van der Waals surface area contributed by atoms with Gasteiger partial charge in [-0.2, -0.15) is 0 Å². The van der Waals surface area contributed by atoms with Gasteiger partial charge in [-0.3, -0.25) is 4.79 Å². The van der Waals surface area contributed by atoms with Gasteiger partial charge in [0.15, 0.2) is 6.10 Å². The molecule has 0 bridgehead atoms. The minimum atomic E-state index is -1.56. The molecule has 0 fully saturated rings. The molecule has 0 spiro atoms. The highest BCUT2D eigenvalue weighted by Crippen LogP contribution is 1.79. The van der Waals surface area contributed by atoms with Crippen LogP contribution in [0.1, 0.15) is 0 Å². The van der Waals surface area contributed by atoms with Crippen molar-refractivity contribution >= 4 is 11.9 Å². The van der Waals surface area contributed by atoms with Gasteiger partial charge in [-0.25, -0.2) is 4.79 Å². The maximum Gasteiger partial charge on any atom is 0.334 e. The Balaban J connectivity index is 3.45. The van der Waals surface area contributed by atoms with E-state index in [9.17, 15) is 9.59 Å². The van der Waals surface area contributed by atoms with Gasteiger partial charge < -0.3 is 25.6 Å². The lowest BCUT2D eigenvalue weighted by Crippen LogP contribution is -2.41. The van der Waals surface area contributed by atoms with Crippen molar-refractivity contribution < 1.29 is 24.5 Å². The van der Waals surface area contributed by atoms with Gasteiger partial charge in [0.1, 0.15) is 0 Å². The molecule has 0 saturated heterocycles. The number of aliphatic hydroxyl groups is 1. The second-order valence-electron chi connectivity index (χ2n) is 2.83. The Morgan fingerprint density at radius 3 is 2.67 bits per heavy atom. The summed E-state index contributed by atoms with van der Waals surface area (Å²) in [4.78, 5) is 21.2. The quantitative estimate of drug-likeness (QED) is 0.345. The number of rotatable bonds is 8. The largest absolute Gasteiger partial charge is 0.479 e. The van der Waals surface area contributed by atoms with Crippen LogP contribution in [0, 0.1) is 0 Å². The monoisotopic (exact) mass is 220 g/mol. The van der Waals surface area contributed by atoms with Crippen LogP contribution in [0.3, 0.4) is 0 Å².